The second kappa shape index (κ2) is 10.5. The number of aromatic hydroxyl groups is 1. The van der Waals surface area contributed by atoms with Crippen LogP contribution in [-0.2, 0) is 14.3 Å². The minimum atomic E-state index is -0.572. The van der Waals surface area contributed by atoms with E-state index in [1.54, 1.807) is 38.5 Å². The molecule has 3 atom stereocenters. The molecular formula is C29H33NO6. The standard InChI is InChI=1S/C29H33NO6/c1-6-16(2)36-29(33)26-17(3)30-22-13-20(19-9-12-24(34-4)25(15-19)35-5)14-23(32)28(22)27(26)18-7-10-21(31)11-8-18/h7-12,15-16,20,27,30-31H,6,13-14H2,1-5H3/t16-,20-,27-/m0/s1. The SMILES string of the molecule is CC[C@H](C)OC(=O)C1=C(C)NC2=C(C(=O)C[C@@H](c3ccc(OC)c(OC)c3)C2)[C@H]1c1ccc(O)cc1. The second-order valence-corrected chi connectivity index (χ2v) is 9.35. The summed E-state index contributed by atoms with van der Waals surface area (Å²) in [5, 5.41) is 13.2. The number of ketones is 1. The van der Waals surface area contributed by atoms with Gasteiger partial charge in [0.25, 0.3) is 0 Å². The van der Waals surface area contributed by atoms with Gasteiger partial charge in [0.2, 0.25) is 0 Å². The molecule has 0 fully saturated rings. The summed E-state index contributed by atoms with van der Waals surface area (Å²) in [6, 6.07) is 12.4. The molecule has 0 aromatic heterocycles. The van der Waals surface area contributed by atoms with Crippen LogP contribution in [0.1, 0.15) is 63.0 Å². The zero-order valence-electron chi connectivity index (χ0n) is 21.4. The maximum Gasteiger partial charge on any atom is 0.337 e. The molecule has 36 heavy (non-hydrogen) atoms. The Hall–Kier alpha value is -3.74. The van der Waals surface area contributed by atoms with Crippen LogP contribution >= 0.6 is 0 Å². The molecule has 0 radical (unpaired) electrons. The molecule has 0 saturated carbocycles. The number of carbonyl (C=O) groups excluding carboxylic acids is 2. The minimum Gasteiger partial charge on any atom is -0.508 e. The van der Waals surface area contributed by atoms with Gasteiger partial charge in [-0.3, -0.25) is 4.79 Å². The number of dihydropyridines is 1. The number of allylic oxidation sites excluding steroid dienone is 3. The van der Waals surface area contributed by atoms with Crippen LogP contribution in [0, 0.1) is 0 Å². The molecule has 0 bridgehead atoms. The van der Waals surface area contributed by atoms with E-state index in [1.165, 1.54) is 0 Å². The number of methoxy groups -OCH3 is 2. The summed E-state index contributed by atoms with van der Waals surface area (Å²) in [7, 11) is 3.18. The number of Topliss-reactive ketones (excluding diaryl/α,β-unsaturated/α-hetero) is 1. The third-order valence-electron chi connectivity index (χ3n) is 7.04. The van der Waals surface area contributed by atoms with Gasteiger partial charge < -0.3 is 24.6 Å². The fraction of sp³-hybridized carbons (Fsp3) is 0.379. The highest BCUT2D eigenvalue weighted by molar-refractivity contribution is 6.04. The van der Waals surface area contributed by atoms with Gasteiger partial charge in [-0.25, -0.2) is 4.79 Å². The van der Waals surface area contributed by atoms with Gasteiger partial charge in [-0.15, -0.1) is 0 Å². The van der Waals surface area contributed by atoms with Crippen molar-refractivity contribution in [2.24, 2.45) is 0 Å². The van der Waals surface area contributed by atoms with Gasteiger partial charge in [0.15, 0.2) is 17.3 Å². The van der Waals surface area contributed by atoms with Crippen molar-refractivity contribution in [2.45, 2.75) is 58.0 Å². The van der Waals surface area contributed by atoms with E-state index in [-0.39, 0.29) is 23.6 Å². The quantitative estimate of drug-likeness (QED) is 0.520. The summed E-state index contributed by atoms with van der Waals surface area (Å²) >= 11 is 0. The van der Waals surface area contributed by atoms with Crippen molar-refractivity contribution in [3.8, 4) is 17.2 Å². The summed E-state index contributed by atoms with van der Waals surface area (Å²) in [4.78, 5) is 27.0. The summed E-state index contributed by atoms with van der Waals surface area (Å²) in [5.74, 6) is 0.288. The molecule has 0 amide bonds. The summed E-state index contributed by atoms with van der Waals surface area (Å²) in [5.41, 5.74) is 4.23. The molecule has 0 spiro atoms. The van der Waals surface area contributed by atoms with Crippen molar-refractivity contribution in [3.05, 3.63) is 76.1 Å². The minimum absolute atomic E-state index is 0.0250. The van der Waals surface area contributed by atoms with Crippen LogP contribution in [-0.4, -0.2) is 37.2 Å². The number of esters is 1. The van der Waals surface area contributed by atoms with Crippen LogP contribution in [0.2, 0.25) is 0 Å². The highest BCUT2D eigenvalue weighted by Gasteiger charge is 2.41. The number of ether oxygens (including phenoxy) is 3. The van der Waals surface area contributed by atoms with Gasteiger partial charge in [0.1, 0.15) is 5.75 Å². The van der Waals surface area contributed by atoms with Crippen molar-refractivity contribution in [2.75, 3.05) is 14.2 Å². The number of phenolic OH excluding ortho intramolecular Hbond substituents is 1. The first-order chi connectivity index (χ1) is 17.3. The molecule has 0 saturated heterocycles. The Balaban J connectivity index is 1.76. The van der Waals surface area contributed by atoms with Crippen molar-refractivity contribution in [3.63, 3.8) is 0 Å². The van der Waals surface area contributed by atoms with Gasteiger partial charge in [-0.05, 0) is 68.0 Å². The lowest BCUT2D eigenvalue weighted by Crippen LogP contribution is -2.36. The summed E-state index contributed by atoms with van der Waals surface area (Å²) < 4.78 is 16.5. The van der Waals surface area contributed by atoms with Crippen molar-refractivity contribution in [1.82, 2.24) is 5.32 Å². The first-order valence-electron chi connectivity index (χ1n) is 12.2. The maximum absolute atomic E-state index is 13.7. The molecule has 2 aliphatic rings. The Bertz CT molecular complexity index is 1230. The third-order valence-corrected chi connectivity index (χ3v) is 7.04. The topological polar surface area (TPSA) is 94.1 Å². The summed E-state index contributed by atoms with van der Waals surface area (Å²) in [6.45, 7) is 5.65. The van der Waals surface area contributed by atoms with E-state index >= 15 is 0 Å². The van der Waals surface area contributed by atoms with Gasteiger partial charge in [-0.2, -0.15) is 0 Å². The Labute approximate surface area is 211 Å². The molecule has 2 aromatic carbocycles. The van der Waals surface area contributed by atoms with Crippen LogP contribution < -0.4 is 14.8 Å². The second-order valence-electron chi connectivity index (χ2n) is 9.35. The molecule has 4 rings (SSSR count). The first-order valence-corrected chi connectivity index (χ1v) is 12.2. The summed E-state index contributed by atoms with van der Waals surface area (Å²) in [6.07, 6.45) is 1.35. The van der Waals surface area contributed by atoms with Crippen LogP contribution in [0.4, 0.5) is 0 Å². The molecule has 190 valence electrons. The zero-order valence-corrected chi connectivity index (χ0v) is 21.4. The van der Waals surface area contributed by atoms with Gasteiger partial charge >= 0.3 is 5.97 Å². The van der Waals surface area contributed by atoms with E-state index < -0.39 is 11.9 Å². The van der Waals surface area contributed by atoms with Gasteiger partial charge in [-0.1, -0.05) is 25.1 Å². The largest absolute Gasteiger partial charge is 0.508 e. The molecule has 1 aliphatic heterocycles. The van der Waals surface area contributed by atoms with E-state index in [9.17, 15) is 14.7 Å². The van der Waals surface area contributed by atoms with Crippen LogP contribution in [0.3, 0.4) is 0 Å². The molecule has 1 heterocycles. The average Bonchev–Trinajstić information content (AvgIpc) is 2.87. The van der Waals surface area contributed by atoms with Crippen LogP contribution in [0.25, 0.3) is 0 Å². The lowest BCUT2D eigenvalue weighted by Gasteiger charge is -2.37. The Morgan fingerprint density at radius 3 is 2.36 bits per heavy atom. The molecule has 2 aromatic rings. The van der Waals surface area contributed by atoms with E-state index in [0.717, 1.165) is 16.8 Å². The molecule has 0 unspecified atom stereocenters. The molecule has 7 heteroatoms. The van der Waals surface area contributed by atoms with Gasteiger partial charge in [0, 0.05) is 29.3 Å². The maximum atomic E-state index is 13.7. The fourth-order valence-corrected chi connectivity index (χ4v) is 4.98. The number of carbonyl (C=O) groups is 2. The fourth-order valence-electron chi connectivity index (χ4n) is 4.98. The van der Waals surface area contributed by atoms with Crippen molar-refractivity contribution < 1.29 is 28.9 Å². The molecule has 7 nitrogen and oxygen atoms in total. The van der Waals surface area contributed by atoms with E-state index in [2.05, 4.69) is 5.32 Å². The number of rotatable bonds is 7. The van der Waals surface area contributed by atoms with E-state index in [0.29, 0.717) is 47.6 Å². The highest BCUT2D eigenvalue weighted by atomic mass is 16.5. The highest BCUT2D eigenvalue weighted by Crippen LogP contribution is 2.46. The number of hydrogen-bond donors (Lipinski definition) is 2. The first kappa shape index (κ1) is 25.4. The van der Waals surface area contributed by atoms with Crippen molar-refractivity contribution >= 4 is 11.8 Å². The van der Waals surface area contributed by atoms with Crippen LogP contribution in [0.15, 0.2) is 65.0 Å². The molecular weight excluding hydrogens is 458 g/mol. The Morgan fingerprint density at radius 1 is 1.06 bits per heavy atom. The number of benzene rings is 2. The Kier molecular flexibility index (Phi) is 7.38. The number of hydrogen-bond acceptors (Lipinski definition) is 7. The van der Waals surface area contributed by atoms with E-state index in [4.69, 9.17) is 14.2 Å². The predicted molar refractivity (Wildman–Crippen MR) is 136 cm³/mol. The van der Waals surface area contributed by atoms with Gasteiger partial charge in [0.05, 0.1) is 25.9 Å². The molecule has 1 aliphatic carbocycles. The third kappa shape index (κ3) is 4.83. The zero-order chi connectivity index (χ0) is 26.0. The van der Waals surface area contributed by atoms with Crippen LogP contribution in [0.5, 0.6) is 17.2 Å². The molecule has 2 N–H and O–H groups in total. The average molecular weight is 492 g/mol. The number of phenols is 1. The predicted octanol–water partition coefficient (Wildman–Crippen LogP) is 5.11. The lowest BCUT2D eigenvalue weighted by molar-refractivity contribution is -0.144. The smallest absolute Gasteiger partial charge is 0.337 e. The lowest BCUT2D eigenvalue weighted by atomic mass is 9.71. The van der Waals surface area contributed by atoms with Crippen molar-refractivity contribution in [1.29, 1.82) is 0 Å². The Morgan fingerprint density at radius 2 is 1.72 bits per heavy atom. The van der Waals surface area contributed by atoms with E-state index in [1.807, 2.05) is 39.0 Å². The monoisotopic (exact) mass is 491 g/mol. The number of nitrogens with one attached hydrogen (secondary N) is 1. The normalized spacial score (nSPS) is 20.4.